The lowest BCUT2D eigenvalue weighted by molar-refractivity contribution is 0.0317. The molecule has 2 nitrogen and oxygen atoms in total. The summed E-state index contributed by atoms with van der Waals surface area (Å²) in [6.07, 6.45) is 1.72. The molecule has 2 heteroatoms. The molecule has 0 aromatic heterocycles. The second kappa shape index (κ2) is 5.56. The van der Waals surface area contributed by atoms with E-state index in [0.29, 0.717) is 5.92 Å². The average molecular weight is 160 g/mol. The van der Waals surface area contributed by atoms with Crippen LogP contribution in [0.1, 0.15) is 33.6 Å². The van der Waals surface area contributed by atoms with Gasteiger partial charge in [-0.1, -0.05) is 20.3 Å². The summed E-state index contributed by atoms with van der Waals surface area (Å²) in [5, 5.41) is 9.54. The van der Waals surface area contributed by atoms with Crippen molar-refractivity contribution in [3.63, 3.8) is 0 Å². The van der Waals surface area contributed by atoms with E-state index in [9.17, 15) is 5.11 Å². The molecule has 0 rings (SSSR count). The van der Waals surface area contributed by atoms with Crippen molar-refractivity contribution in [2.75, 3.05) is 7.11 Å². The van der Waals surface area contributed by atoms with Crippen LogP contribution >= 0.6 is 0 Å². The number of ether oxygens (including phenoxy) is 1. The third-order valence-electron chi connectivity index (χ3n) is 2.28. The molecule has 0 aromatic rings. The Labute approximate surface area is 69.6 Å². The summed E-state index contributed by atoms with van der Waals surface area (Å²) in [6.45, 7) is 6.13. The first-order chi connectivity index (χ1) is 5.11. The summed E-state index contributed by atoms with van der Waals surface area (Å²) < 4.78 is 5.06. The normalized spacial score (nSPS) is 19.4. The van der Waals surface area contributed by atoms with Crippen LogP contribution in [-0.4, -0.2) is 24.4 Å². The van der Waals surface area contributed by atoms with Gasteiger partial charge in [0.05, 0.1) is 12.2 Å². The van der Waals surface area contributed by atoms with Gasteiger partial charge in [-0.15, -0.1) is 0 Å². The summed E-state index contributed by atoms with van der Waals surface area (Å²) >= 11 is 0. The first-order valence-corrected chi connectivity index (χ1v) is 4.32. The highest BCUT2D eigenvalue weighted by molar-refractivity contribution is 4.66. The van der Waals surface area contributed by atoms with Crippen LogP contribution in [0.4, 0.5) is 0 Å². The second-order valence-electron chi connectivity index (χ2n) is 3.23. The lowest BCUT2D eigenvalue weighted by atomic mass is 9.97. The number of methoxy groups -OCH3 is 1. The van der Waals surface area contributed by atoms with Crippen molar-refractivity contribution < 1.29 is 9.84 Å². The molecule has 0 amide bonds. The summed E-state index contributed by atoms with van der Waals surface area (Å²) in [7, 11) is 1.67. The van der Waals surface area contributed by atoms with Crippen molar-refractivity contribution in [2.45, 2.75) is 45.8 Å². The van der Waals surface area contributed by atoms with Gasteiger partial charge in [0.2, 0.25) is 0 Å². The number of hydrogen-bond donors (Lipinski definition) is 1. The van der Waals surface area contributed by atoms with Gasteiger partial charge in [-0.05, 0) is 19.3 Å². The topological polar surface area (TPSA) is 29.5 Å². The fourth-order valence-corrected chi connectivity index (χ4v) is 0.941. The molecule has 0 saturated heterocycles. The molecule has 0 radical (unpaired) electrons. The lowest BCUT2D eigenvalue weighted by Crippen LogP contribution is -2.23. The maximum absolute atomic E-state index is 9.54. The zero-order chi connectivity index (χ0) is 8.85. The van der Waals surface area contributed by atoms with E-state index < -0.39 is 0 Å². The zero-order valence-corrected chi connectivity index (χ0v) is 8.00. The minimum atomic E-state index is -0.213. The van der Waals surface area contributed by atoms with E-state index in [-0.39, 0.29) is 12.2 Å². The van der Waals surface area contributed by atoms with Crippen molar-refractivity contribution >= 4 is 0 Å². The maximum atomic E-state index is 9.54. The van der Waals surface area contributed by atoms with E-state index in [2.05, 4.69) is 13.8 Å². The van der Waals surface area contributed by atoms with E-state index in [1.165, 1.54) is 0 Å². The summed E-state index contributed by atoms with van der Waals surface area (Å²) in [4.78, 5) is 0. The van der Waals surface area contributed by atoms with Crippen molar-refractivity contribution in [1.82, 2.24) is 0 Å². The van der Waals surface area contributed by atoms with Crippen molar-refractivity contribution in [3.05, 3.63) is 0 Å². The molecular weight excluding hydrogens is 140 g/mol. The monoisotopic (exact) mass is 160 g/mol. The van der Waals surface area contributed by atoms with Crippen molar-refractivity contribution in [3.8, 4) is 0 Å². The fraction of sp³-hybridized carbons (Fsp3) is 1.00. The molecule has 0 heterocycles. The number of aliphatic hydroxyl groups excluding tert-OH is 1. The quantitative estimate of drug-likeness (QED) is 0.664. The summed E-state index contributed by atoms with van der Waals surface area (Å²) in [5.41, 5.74) is 0. The largest absolute Gasteiger partial charge is 0.393 e. The standard InChI is InChI=1S/C9H20O2/c1-5-7(2)9(10)6-8(3)11-4/h7-10H,5-6H2,1-4H3. The van der Waals surface area contributed by atoms with E-state index in [4.69, 9.17) is 4.74 Å². The van der Waals surface area contributed by atoms with Gasteiger partial charge < -0.3 is 9.84 Å². The Morgan fingerprint density at radius 3 is 2.27 bits per heavy atom. The molecule has 3 atom stereocenters. The molecule has 0 aromatic carbocycles. The molecule has 0 fully saturated rings. The highest BCUT2D eigenvalue weighted by Gasteiger charge is 2.14. The van der Waals surface area contributed by atoms with Gasteiger partial charge >= 0.3 is 0 Å². The van der Waals surface area contributed by atoms with Gasteiger partial charge in [-0.25, -0.2) is 0 Å². The summed E-state index contributed by atoms with van der Waals surface area (Å²) in [6, 6.07) is 0. The molecule has 0 saturated carbocycles. The van der Waals surface area contributed by atoms with Crippen molar-refractivity contribution in [2.24, 2.45) is 5.92 Å². The van der Waals surface area contributed by atoms with E-state index in [0.717, 1.165) is 12.8 Å². The van der Waals surface area contributed by atoms with Crippen LogP contribution in [0.25, 0.3) is 0 Å². The van der Waals surface area contributed by atoms with E-state index in [1.54, 1.807) is 7.11 Å². The Morgan fingerprint density at radius 2 is 1.91 bits per heavy atom. The molecule has 0 aliphatic carbocycles. The third-order valence-corrected chi connectivity index (χ3v) is 2.28. The van der Waals surface area contributed by atoms with Crippen LogP contribution in [0.5, 0.6) is 0 Å². The zero-order valence-electron chi connectivity index (χ0n) is 8.00. The van der Waals surface area contributed by atoms with Crippen LogP contribution in [0, 0.1) is 5.92 Å². The molecule has 3 unspecified atom stereocenters. The number of hydrogen-bond acceptors (Lipinski definition) is 2. The van der Waals surface area contributed by atoms with Gasteiger partial charge in [0, 0.05) is 7.11 Å². The van der Waals surface area contributed by atoms with Crippen LogP contribution < -0.4 is 0 Å². The number of aliphatic hydroxyl groups is 1. The van der Waals surface area contributed by atoms with Gasteiger partial charge in [0.1, 0.15) is 0 Å². The summed E-state index contributed by atoms with van der Waals surface area (Å²) in [5.74, 6) is 0.382. The van der Waals surface area contributed by atoms with Crippen LogP contribution in [0.2, 0.25) is 0 Å². The predicted octanol–water partition coefficient (Wildman–Crippen LogP) is 1.82. The van der Waals surface area contributed by atoms with Crippen LogP contribution in [-0.2, 0) is 4.74 Å². The van der Waals surface area contributed by atoms with Crippen LogP contribution in [0.3, 0.4) is 0 Å². The molecular formula is C9H20O2. The van der Waals surface area contributed by atoms with Crippen LogP contribution in [0.15, 0.2) is 0 Å². The Balaban J connectivity index is 3.58. The van der Waals surface area contributed by atoms with Gasteiger partial charge in [-0.3, -0.25) is 0 Å². The molecule has 68 valence electrons. The maximum Gasteiger partial charge on any atom is 0.0590 e. The highest BCUT2D eigenvalue weighted by Crippen LogP contribution is 2.13. The second-order valence-corrected chi connectivity index (χ2v) is 3.23. The first-order valence-electron chi connectivity index (χ1n) is 4.32. The Kier molecular flexibility index (Phi) is 5.51. The molecule has 11 heavy (non-hydrogen) atoms. The molecule has 1 N–H and O–H groups in total. The Bertz CT molecular complexity index is 93.6. The Hall–Kier alpha value is -0.0800. The van der Waals surface area contributed by atoms with Gasteiger partial charge in [-0.2, -0.15) is 0 Å². The first kappa shape index (κ1) is 10.9. The molecule has 0 aliphatic rings. The Morgan fingerprint density at radius 1 is 1.36 bits per heavy atom. The SMILES string of the molecule is CCC(C)C(O)CC(C)OC. The minimum absolute atomic E-state index is 0.166. The molecule has 0 bridgehead atoms. The van der Waals surface area contributed by atoms with Crippen molar-refractivity contribution in [1.29, 1.82) is 0 Å². The average Bonchev–Trinajstić information content (AvgIpc) is 2.02. The smallest absolute Gasteiger partial charge is 0.0590 e. The highest BCUT2D eigenvalue weighted by atomic mass is 16.5. The van der Waals surface area contributed by atoms with E-state index in [1.807, 2.05) is 6.92 Å². The minimum Gasteiger partial charge on any atom is -0.393 e. The molecule has 0 aliphatic heterocycles. The number of rotatable bonds is 5. The molecule has 0 spiro atoms. The lowest BCUT2D eigenvalue weighted by Gasteiger charge is -2.19. The van der Waals surface area contributed by atoms with E-state index >= 15 is 0 Å². The third kappa shape index (κ3) is 4.38. The van der Waals surface area contributed by atoms with Gasteiger partial charge in [0.25, 0.3) is 0 Å². The fourth-order valence-electron chi connectivity index (χ4n) is 0.941. The predicted molar refractivity (Wildman–Crippen MR) is 46.5 cm³/mol. The van der Waals surface area contributed by atoms with Gasteiger partial charge in [0.15, 0.2) is 0 Å².